The summed E-state index contributed by atoms with van der Waals surface area (Å²) in [5.41, 5.74) is 1.77. The molecule has 140 valence electrons. The third kappa shape index (κ3) is 6.30. The predicted molar refractivity (Wildman–Crippen MR) is 99.8 cm³/mol. The van der Waals surface area contributed by atoms with Crippen molar-refractivity contribution in [1.29, 1.82) is 0 Å². The number of amides is 2. The minimum absolute atomic E-state index is 0.178. The van der Waals surface area contributed by atoms with E-state index >= 15 is 0 Å². The maximum absolute atomic E-state index is 12.3. The molecule has 0 aromatic heterocycles. The Kier molecular flexibility index (Phi) is 8.18. The minimum atomic E-state index is -0.178. The average molecular weight is 349 g/mol. The van der Waals surface area contributed by atoms with Gasteiger partial charge in [0.15, 0.2) is 0 Å². The van der Waals surface area contributed by atoms with E-state index < -0.39 is 0 Å². The summed E-state index contributed by atoms with van der Waals surface area (Å²) >= 11 is 0. The maximum Gasteiger partial charge on any atom is 0.319 e. The van der Waals surface area contributed by atoms with Gasteiger partial charge in [0.1, 0.15) is 0 Å². The molecule has 6 nitrogen and oxygen atoms in total. The summed E-state index contributed by atoms with van der Waals surface area (Å²) in [6.07, 6.45) is 0. The first-order valence-corrected chi connectivity index (χ1v) is 9.14. The highest BCUT2D eigenvalue weighted by molar-refractivity contribution is 5.90. The van der Waals surface area contributed by atoms with E-state index in [2.05, 4.69) is 29.4 Å². The third-order valence-electron chi connectivity index (χ3n) is 4.48. The molecule has 25 heavy (non-hydrogen) atoms. The second-order valence-electron chi connectivity index (χ2n) is 6.59. The van der Waals surface area contributed by atoms with Crippen LogP contribution in [0.5, 0.6) is 0 Å². The number of hydrogen-bond acceptors (Lipinski definition) is 4. The number of carbonyl (C=O) groups excluding carboxylic acids is 1. The number of urea groups is 1. The molecule has 1 aliphatic rings. The number of nitrogens with zero attached hydrogens (tertiary/aromatic N) is 1. The first-order chi connectivity index (χ1) is 12.1. The Morgan fingerprint density at radius 1 is 1.28 bits per heavy atom. The van der Waals surface area contributed by atoms with Gasteiger partial charge in [0.25, 0.3) is 0 Å². The van der Waals surface area contributed by atoms with Gasteiger partial charge < -0.3 is 20.1 Å². The Hall–Kier alpha value is -1.63. The summed E-state index contributed by atoms with van der Waals surface area (Å²) in [5.74, 6) is 0.462. The zero-order valence-corrected chi connectivity index (χ0v) is 15.6. The van der Waals surface area contributed by atoms with E-state index in [0.29, 0.717) is 31.7 Å². The van der Waals surface area contributed by atoms with Crippen molar-refractivity contribution in [2.75, 3.05) is 44.8 Å². The van der Waals surface area contributed by atoms with Crippen LogP contribution >= 0.6 is 0 Å². The molecular formula is C19H31N3O3. The molecule has 1 heterocycles. The first-order valence-electron chi connectivity index (χ1n) is 9.14. The fourth-order valence-electron chi connectivity index (χ4n) is 3.04. The van der Waals surface area contributed by atoms with Gasteiger partial charge >= 0.3 is 6.03 Å². The van der Waals surface area contributed by atoms with Crippen LogP contribution in [0.1, 0.15) is 26.3 Å². The van der Waals surface area contributed by atoms with Gasteiger partial charge in [-0.25, -0.2) is 4.79 Å². The van der Waals surface area contributed by atoms with Crippen LogP contribution in [-0.4, -0.2) is 56.4 Å². The number of morpholine rings is 1. The van der Waals surface area contributed by atoms with Gasteiger partial charge in [-0.3, -0.25) is 4.90 Å². The summed E-state index contributed by atoms with van der Waals surface area (Å²) in [6, 6.07) is 7.86. The molecule has 1 aromatic rings. The summed E-state index contributed by atoms with van der Waals surface area (Å²) in [4.78, 5) is 14.7. The smallest absolute Gasteiger partial charge is 0.319 e. The lowest BCUT2D eigenvalue weighted by Crippen LogP contribution is -2.51. The van der Waals surface area contributed by atoms with E-state index in [1.807, 2.05) is 31.2 Å². The van der Waals surface area contributed by atoms with E-state index in [4.69, 9.17) is 9.47 Å². The maximum atomic E-state index is 12.3. The number of nitrogens with one attached hydrogen (secondary N) is 2. The molecule has 1 aromatic carbocycles. The zero-order valence-electron chi connectivity index (χ0n) is 15.6. The van der Waals surface area contributed by atoms with E-state index in [1.165, 1.54) is 0 Å². The quantitative estimate of drug-likeness (QED) is 0.757. The lowest BCUT2D eigenvalue weighted by atomic mass is 10.0. The lowest BCUT2D eigenvalue weighted by molar-refractivity contribution is 0.00728. The van der Waals surface area contributed by atoms with Gasteiger partial charge in [-0.15, -0.1) is 0 Å². The van der Waals surface area contributed by atoms with Gasteiger partial charge in [-0.05, 0) is 18.9 Å². The normalized spacial score (nSPS) is 16.6. The van der Waals surface area contributed by atoms with E-state index in [9.17, 15) is 4.79 Å². The molecule has 0 saturated carbocycles. The largest absolute Gasteiger partial charge is 0.379 e. The minimum Gasteiger partial charge on any atom is -0.379 e. The fourth-order valence-corrected chi connectivity index (χ4v) is 3.04. The molecule has 0 radical (unpaired) electrons. The lowest BCUT2D eigenvalue weighted by Gasteiger charge is -2.36. The van der Waals surface area contributed by atoms with Crippen LogP contribution in [0.3, 0.4) is 0 Å². The van der Waals surface area contributed by atoms with Crippen LogP contribution in [0.2, 0.25) is 0 Å². The molecule has 6 heteroatoms. The predicted octanol–water partition coefficient (Wildman–Crippen LogP) is 2.70. The van der Waals surface area contributed by atoms with Gasteiger partial charge in [0.05, 0.1) is 19.8 Å². The van der Waals surface area contributed by atoms with Crippen molar-refractivity contribution in [3.05, 3.63) is 29.8 Å². The van der Waals surface area contributed by atoms with Crippen LogP contribution < -0.4 is 10.6 Å². The van der Waals surface area contributed by atoms with E-state index in [-0.39, 0.29) is 6.03 Å². The Labute approximate surface area is 150 Å². The van der Waals surface area contributed by atoms with Crippen molar-refractivity contribution < 1.29 is 14.3 Å². The van der Waals surface area contributed by atoms with Crippen molar-refractivity contribution in [3.63, 3.8) is 0 Å². The molecule has 0 spiro atoms. The van der Waals surface area contributed by atoms with Crippen molar-refractivity contribution in [1.82, 2.24) is 10.2 Å². The molecule has 2 rings (SSSR count). The van der Waals surface area contributed by atoms with Gasteiger partial charge in [0, 0.05) is 43.5 Å². The topological polar surface area (TPSA) is 62.8 Å². The highest BCUT2D eigenvalue weighted by Gasteiger charge is 2.24. The summed E-state index contributed by atoms with van der Waals surface area (Å²) in [5, 5.41) is 5.96. The Balaban J connectivity index is 1.88. The molecular weight excluding hydrogens is 318 g/mol. The highest BCUT2D eigenvalue weighted by Crippen LogP contribution is 2.16. The van der Waals surface area contributed by atoms with Crippen molar-refractivity contribution in [2.24, 2.45) is 5.92 Å². The molecule has 1 saturated heterocycles. The number of hydrogen-bond donors (Lipinski definition) is 2. The zero-order chi connectivity index (χ0) is 18.1. The molecule has 2 amide bonds. The summed E-state index contributed by atoms with van der Waals surface area (Å²) in [7, 11) is 0. The molecule has 0 aliphatic carbocycles. The number of anilines is 1. The van der Waals surface area contributed by atoms with Crippen LogP contribution in [0.15, 0.2) is 24.3 Å². The molecule has 1 atom stereocenters. The van der Waals surface area contributed by atoms with Crippen LogP contribution in [-0.2, 0) is 16.1 Å². The number of rotatable bonds is 8. The standard InChI is InChI=1S/C19H31N3O3/c1-4-24-14-16-7-5-6-8-17(16)21-19(23)20-13-18(15(2)3)22-9-11-25-12-10-22/h5-8,15,18H,4,9-14H2,1-3H3,(H2,20,21,23). The van der Waals surface area contributed by atoms with Crippen molar-refractivity contribution in [2.45, 2.75) is 33.4 Å². The Morgan fingerprint density at radius 3 is 2.68 bits per heavy atom. The van der Waals surface area contributed by atoms with Crippen LogP contribution in [0, 0.1) is 5.92 Å². The molecule has 1 unspecified atom stereocenters. The number of carbonyl (C=O) groups is 1. The third-order valence-corrected chi connectivity index (χ3v) is 4.48. The van der Waals surface area contributed by atoms with E-state index in [0.717, 1.165) is 37.6 Å². The SMILES string of the molecule is CCOCc1ccccc1NC(=O)NCC(C(C)C)N1CCOCC1. The number of ether oxygens (including phenoxy) is 2. The van der Waals surface area contributed by atoms with Gasteiger partial charge in [0.2, 0.25) is 0 Å². The summed E-state index contributed by atoms with van der Waals surface area (Å²) < 4.78 is 10.9. The first kappa shape index (κ1) is 19.7. The highest BCUT2D eigenvalue weighted by atomic mass is 16.5. The molecule has 1 aliphatic heterocycles. The second kappa shape index (κ2) is 10.4. The Bertz CT molecular complexity index is 530. The average Bonchev–Trinajstić information content (AvgIpc) is 2.62. The van der Waals surface area contributed by atoms with Gasteiger partial charge in [-0.1, -0.05) is 32.0 Å². The number of benzene rings is 1. The van der Waals surface area contributed by atoms with Crippen molar-refractivity contribution in [3.8, 4) is 0 Å². The fraction of sp³-hybridized carbons (Fsp3) is 0.632. The van der Waals surface area contributed by atoms with Crippen LogP contribution in [0.25, 0.3) is 0 Å². The van der Waals surface area contributed by atoms with Gasteiger partial charge in [-0.2, -0.15) is 0 Å². The van der Waals surface area contributed by atoms with E-state index in [1.54, 1.807) is 0 Å². The van der Waals surface area contributed by atoms with Crippen molar-refractivity contribution >= 4 is 11.7 Å². The Morgan fingerprint density at radius 2 is 2.00 bits per heavy atom. The second-order valence-corrected chi connectivity index (χ2v) is 6.59. The summed E-state index contributed by atoms with van der Waals surface area (Å²) in [6.45, 7) is 11.5. The molecule has 1 fully saturated rings. The monoisotopic (exact) mass is 349 g/mol. The molecule has 0 bridgehead atoms. The number of para-hydroxylation sites is 1. The van der Waals surface area contributed by atoms with Crippen LogP contribution in [0.4, 0.5) is 10.5 Å². The molecule has 2 N–H and O–H groups in total.